The summed E-state index contributed by atoms with van der Waals surface area (Å²) in [7, 11) is 0. The molecule has 1 saturated heterocycles. The van der Waals surface area contributed by atoms with E-state index >= 15 is 0 Å². The summed E-state index contributed by atoms with van der Waals surface area (Å²) in [5, 5.41) is 22.6. The predicted octanol–water partition coefficient (Wildman–Crippen LogP) is 3.65. The van der Waals surface area contributed by atoms with Gasteiger partial charge in [0, 0.05) is 19.6 Å². The Hall–Kier alpha value is -3.93. The van der Waals surface area contributed by atoms with E-state index in [1.807, 2.05) is 65.6 Å². The van der Waals surface area contributed by atoms with Gasteiger partial charge >= 0.3 is 0 Å². The lowest BCUT2D eigenvalue weighted by atomic mass is 10.1. The molecule has 1 aliphatic rings. The number of aliphatic hydroxyl groups is 1. The zero-order valence-corrected chi connectivity index (χ0v) is 18.2. The van der Waals surface area contributed by atoms with Crippen molar-refractivity contribution >= 4 is 11.6 Å². The minimum atomic E-state index is -0.929. The highest BCUT2D eigenvalue weighted by atomic mass is 16.5. The number of hydrogen-bond acceptors (Lipinski definition) is 8. The molecule has 8 heteroatoms. The average Bonchev–Trinajstić information content (AvgIpc) is 3.32. The topological polar surface area (TPSA) is 120 Å². The molecular formula is C25H26N6O2. The standard InChI is InChI=1S/C25H26N6O2/c1-17(13-26)25(32)31-12-11-18(15-31)14-28-24-22(23(27)29-16-30-24)19-7-9-21(10-8-19)33-20-5-3-2-4-6-20/h2-10,16,18,25,32H,1,11-12,14-15H2,(H3,27,28,29,30). The number of ether oxygens (including phenoxy) is 1. The van der Waals surface area contributed by atoms with Crippen molar-refractivity contribution in [1.29, 1.82) is 5.26 Å². The first-order valence-electron chi connectivity index (χ1n) is 10.7. The molecule has 0 radical (unpaired) electrons. The van der Waals surface area contributed by atoms with Gasteiger partial charge in [0.2, 0.25) is 0 Å². The minimum absolute atomic E-state index is 0.161. The summed E-state index contributed by atoms with van der Waals surface area (Å²) in [6.45, 7) is 5.63. The number of likely N-dealkylation sites (tertiary alicyclic amines) is 1. The molecule has 4 rings (SSSR count). The summed E-state index contributed by atoms with van der Waals surface area (Å²) in [6, 6.07) is 19.1. The van der Waals surface area contributed by atoms with Crippen LogP contribution in [0.4, 0.5) is 11.6 Å². The Bertz CT molecular complexity index is 1140. The second-order valence-electron chi connectivity index (χ2n) is 7.96. The second kappa shape index (κ2) is 10.1. The van der Waals surface area contributed by atoms with Gasteiger partial charge in [0.1, 0.15) is 35.7 Å². The maximum Gasteiger partial charge on any atom is 0.142 e. The number of nitrogens with one attached hydrogen (secondary N) is 1. The number of hydrogen-bond donors (Lipinski definition) is 3. The van der Waals surface area contributed by atoms with Crippen molar-refractivity contribution in [3.63, 3.8) is 0 Å². The normalized spacial score (nSPS) is 16.7. The van der Waals surface area contributed by atoms with Gasteiger partial charge in [-0.15, -0.1) is 0 Å². The van der Waals surface area contributed by atoms with E-state index in [-0.39, 0.29) is 11.5 Å². The van der Waals surface area contributed by atoms with Crippen molar-refractivity contribution in [2.75, 3.05) is 30.7 Å². The fourth-order valence-corrected chi connectivity index (χ4v) is 3.90. The van der Waals surface area contributed by atoms with Crippen molar-refractivity contribution in [3.8, 4) is 28.7 Å². The highest BCUT2D eigenvalue weighted by Gasteiger charge is 2.28. The van der Waals surface area contributed by atoms with Gasteiger partial charge in [-0.1, -0.05) is 36.9 Å². The van der Waals surface area contributed by atoms with E-state index in [1.165, 1.54) is 6.33 Å². The van der Waals surface area contributed by atoms with E-state index in [0.717, 1.165) is 29.0 Å². The highest BCUT2D eigenvalue weighted by Crippen LogP contribution is 2.33. The van der Waals surface area contributed by atoms with E-state index < -0.39 is 6.23 Å². The number of nitriles is 1. The van der Waals surface area contributed by atoms with E-state index in [9.17, 15) is 5.11 Å². The number of nitrogens with two attached hydrogens (primary N) is 1. The third-order valence-corrected chi connectivity index (χ3v) is 5.68. The highest BCUT2D eigenvalue weighted by molar-refractivity contribution is 5.83. The summed E-state index contributed by atoms with van der Waals surface area (Å²) in [4.78, 5) is 10.4. The number of aromatic nitrogens is 2. The number of anilines is 2. The Balaban J connectivity index is 1.44. The molecule has 2 heterocycles. The largest absolute Gasteiger partial charge is 0.457 e. The predicted molar refractivity (Wildman–Crippen MR) is 127 cm³/mol. The average molecular weight is 443 g/mol. The van der Waals surface area contributed by atoms with Crippen molar-refractivity contribution in [1.82, 2.24) is 14.9 Å². The number of para-hydroxylation sites is 1. The summed E-state index contributed by atoms with van der Waals surface area (Å²) in [6.07, 6.45) is 1.40. The van der Waals surface area contributed by atoms with Crippen LogP contribution in [-0.4, -0.2) is 45.8 Å². The Morgan fingerprint density at radius 3 is 2.67 bits per heavy atom. The molecule has 168 valence electrons. The quantitative estimate of drug-likeness (QED) is 0.452. The number of benzene rings is 2. The third kappa shape index (κ3) is 5.29. The van der Waals surface area contributed by atoms with Crippen LogP contribution < -0.4 is 15.8 Å². The van der Waals surface area contributed by atoms with Crippen molar-refractivity contribution < 1.29 is 9.84 Å². The molecule has 0 amide bonds. The molecule has 2 aromatic carbocycles. The Kier molecular flexibility index (Phi) is 6.83. The Morgan fingerprint density at radius 2 is 1.94 bits per heavy atom. The molecular weight excluding hydrogens is 416 g/mol. The van der Waals surface area contributed by atoms with Crippen molar-refractivity contribution in [2.24, 2.45) is 5.92 Å². The van der Waals surface area contributed by atoms with Crippen LogP contribution in [0, 0.1) is 17.2 Å². The molecule has 0 bridgehead atoms. The molecule has 33 heavy (non-hydrogen) atoms. The van der Waals surface area contributed by atoms with E-state index in [2.05, 4.69) is 21.9 Å². The molecule has 4 N–H and O–H groups in total. The van der Waals surface area contributed by atoms with Gasteiger partial charge in [-0.25, -0.2) is 9.97 Å². The summed E-state index contributed by atoms with van der Waals surface area (Å²) in [5.74, 6) is 2.82. The van der Waals surface area contributed by atoms with Gasteiger partial charge in [0.25, 0.3) is 0 Å². The van der Waals surface area contributed by atoms with Crippen LogP contribution in [0.3, 0.4) is 0 Å². The summed E-state index contributed by atoms with van der Waals surface area (Å²) in [5.41, 5.74) is 7.98. The van der Waals surface area contributed by atoms with Crippen LogP contribution >= 0.6 is 0 Å². The van der Waals surface area contributed by atoms with Gasteiger partial charge in [-0.05, 0) is 42.2 Å². The molecule has 1 aliphatic heterocycles. The number of nitrogen functional groups attached to an aromatic ring is 1. The van der Waals surface area contributed by atoms with E-state index in [1.54, 1.807) is 0 Å². The van der Waals surface area contributed by atoms with Crippen LogP contribution in [0.1, 0.15) is 6.42 Å². The van der Waals surface area contributed by atoms with Crippen LogP contribution in [0.2, 0.25) is 0 Å². The summed E-state index contributed by atoms with van der Waals surface area (Å²) < 4.78 is 5.87. The molecule has 3 aromatic rings. The molecule has 2 atom stereocenters. The monoisotopic (exact) mass is 442 g/mol. The van der Waals surface area contributed by atoms with Crippen molar-refractivity contribution in [3.05, 3.63) is 73.1 Å². The fourth-order valence-electron chi connectivity index (χ4n) is 3.90. The van der Waals surface area contributed by atoms with E-state index in [4.69, 9.17) is 15.7 Å². The molecule has 1 aromatic heterocycles. The zero-order chi connectivity index (χ0) is 23.2. The molecule has 8 nitrogen and oxygen atoms in total. The SMILES string of the molecule is C=C(C#N)C(O)N1CCC(CNc2ncnc(N)c2-c2ccc(Oc3ccccc3)cc2)C1. The smallest absolute Gasteiger partial charge is 0.142 e. The Morgan fingerprint density at radius 1 is 1.21 bits per heavy atom. The van der Waals surface area contributed by atoms with Gasteiger partial charge in [0.15, 0.2) is 0 Å². The van der Waals surface area contributed by atoms with Crippen LogP contribution in [0.5, 0.6) is 11.5 Å². The Labute approximate surface area is 193 Å². The lowest BCUT2D eigenvalue weighted by Crippen LogP contribution is -2.34. The van der Waals surface area contributed by atoms with Crippen molar-refractivity contribution in [2.45, 2.75) is 12.6 Å². The minimum Gasteiger partial charge on any atom is -0.457 e. The molecule has 2 unspecified atom stereocenters. The first-order chi connectivity index (χ1) is 16.0. The second-order valence-corrected chi connectivity index (χ2v) is 7.96. The molecule has 0 aliphatic carbocycles. The molecule has 0 saturated carbocycles. The number of rotatable bonds is 8. The first-order valence-corrected chi connectivity index (χ1v) is 10.7. The molecule has 1 fully saturated rings. The molecule has 0 spiro atoms. The summed E-state index contributed by atoms with van der Waals surface area (Å²) >= 11 is 0. The van der Waals surface area contributed by atoms with Gasteiger partial charge in [0.05, 0.1) is 17.2 Å². The maximum atomic E-state index is 10.2. The van der Waals surface area contributed by atoms with Crippen LogP contribution in [-0.2, 0) is 0 Å². The van der Waals surface area contributed by atoms with Crippen LogP contribution in [0.25, 0.3) is 11.1 Å². The zero-order valence-electron chi connectivity index (χ0n) is 18.2. The fraction of sp³-hybridized carbons (Fsp3) is 0.240. The van der Waals surface area contributed by atoms with Gasteiger partial charge in [-0.3, -0.25) is 4.90 Å². The maximum absolute atomic E-state index is 10.2. The third-order valence-electron chi connectivity index (χ3n) is 5.68. The first kappa shape index (κ1) is 22.3. The van der Waals surface area contributed by atoms with Gasteiger partial charge in [-0.2, -0.15) is 5.26 Å². The van der Waals surface area contributed by atoms with Crippen LogP contribution in [0.15, 0.2) is 73.1 Å². The number of aliphatic hydroxyl groups excluding tert-OH is 1. The lowest BCUT2D eigenvalue weighted by Gasteiger charge is -2.22. The number of nitrogens with zero attached hydrogens (tertiary/aromatic N) is 4. The lowest BCUT2D eigenvalue weighted by molar-refractivity contribution is 0.0526. The van der Waals surface area contributed by atoms with E-state index in [0.29, 0.717) is 31.3 Å². The van der Waals surface area contributed by atoms with Gasteiger partial charge < -0.3 is 20.9 Å².